The van der Waals surface area contributed by atoms with Gasteiger partial charge in [0.15, 0.2) is 0 Å². The predicted octanol–water partition coefficient (Wildman–Crippen LogP) is 1.84. The molecular formula is C11H8CuN2O2. The number of aromatic nitrogens is 2. The summed E-state index contributed by atoms with van der Waals surface area (Å²) >= 11 is 0. The van der Waals surface area contributed by atoms with Crippen LogP contribution in [0.25, 0.3) is 11.4 Å². The Morgan fingerprint density at radius 2 is 1.81 bits per heavy atom. The molecule has 0 saturated heterocycles. The standard InChI is InChI=1S/C11H8N2O2.Cu/c14-11(15)8-4-3-7-13-10(8)9-5-1-2-6-12-9;/h1-7H,(H,14,15);. The van der Waals surface area contributed by atoms with Crippen LogP contribution in [0.4, 0.5) is 0 Å². The van der Waals surface area contributed by atoms with Crippen LogP contribution in [0.1, 0.15) is 10.4 Å². The second-order valence-electron chi connectivity index (χ2n) is 2.92. The van der Waals surface area contributed by atoms with Gasteiger partial charge in [-0.2, -0.15) is 0 Å². The van der Waals surface area contributed by atoms with Crippen LogP contribution in [0.15, 0.2) is 42.7 Å². The molecule has 0 aliphatic rings. The maximum absolute atomic E-state index is 10.9. The number of hydrogen-bond acceptors (Lipinski definition) is 3. The summed E-state index contributed by atoms with van der Waals surface area (Å²) in [5.41, 5.74) is 1.12. The molecule has 2 aromatic heterocycles. The zero-order valence-electron chi connectivity index (χ0n) is 8.09. The average Bonchev–Trinajstić information content (AvgIpc) is 2.30. The Morgan fingerprint density at radius 1 is 1.06 bits per heavy atom. The van der Waals surface area contributed by atoms with Crippen LogP contribution in [-0.4, -0.2) is 21.0 Å². The maximum atomic E-state index is 10.9. The number of rotatable bonds is 2. The predicted molar refractivity (Wildman–Crippen MR) is 54.4 cm³/mol. The minimum atomic E-state index is -0.997. The van der Waals surface area contributed by atoms with Crippen LogP contribution in [-0.2, 0) is 17.1 Å². The average molecular weight is 264 g/mol. The van der Waals surface area contributed by atoms with E-state index < -0.39 is 5.97 Å². The summed E-state index contributed by atoms with van der Waals surface area (Å²) in [6.45, 7) is 0. The first kappa shape index (κ1) is 12.4. The molecule has 1 N–H and O–H groups in total. The van der Waals surface area contributed by atoms with Gasteiger partial charge >= 0.3 is 5.97 Å². The smallest absolute Gasteiger partial charge is 0.337 e. The maximum Gasteiger partial charge on any atom is 0.337 e. The number of carboxylic acid groups (broad SMARTS) is 1. The minimum absolute atomic E-state index is 0. The summed E-state index contributed by atoms with van der Waals surface area (Å²) in [6.07, 6.45) is 3.16. The third-order valence-electron chi connectivity index (χ3n) is 1.95. The van der Waals surface area contributed by atoms with Crippen molar-refractivity contribution in [1.29, 1.82) is 0 Å². The molecule has 0 aliphatic heterocycles. The second-order valence-corrected chi connectivity index (χ2v) is 2.92. The number of carbonyl (C=O) groups is 1. The molecule has 0 amide bonds. The van der Waals surface area contributed by atoms with Crippen LogP contribution >= 0.6 is 0 Å². The molecule has 0 spiro atoms. The molecule has 16 heavy (non-hydrogen) atoms. The molecule has 0 unspecified atom stereocenters. The Morgan fingerprint density at radius 3 is 2.44 bits per heavy atom. The van der Waals surface area contributed by atoms with Gasteiger partial charge in [-0.25, -0.2) is 4.79 Å². The van der Waals surface area contributed by atoms with Gasteiger partial charge in [0.1, 0.15) is 5.69 Å². The van der Waals surface area contributed by atoms with Crippen LogP contribution in [0.5, 0.6) is 0 Å². The molecule has 0 bridgehead atoms. The van der Waals surface area contributed by atoms with Gasteiger partial charge in [-0.15, -0.1) is 0 Å². The first-order chi connectivity index (χ1) is 7.29. The first-order valence-electron chi connectivity index (χ1n) is 4.39. The molecule has 2 rings (SSSR count). The molecule has 0 saturated carbocycles. The Labute approximate surface area is 103 Å². The monoisotopic (exact) mass is 263 g/mol. The molecule has 1 radical (unpaired) electrons. The Kier molecular flexibility index (Phi) is 4.17. The van der Waals surface area contributed by atoms with E-state index in [4.69, 9.17) is 5.11 Å². The van der Waals surface area contributed by atoms with Crippen LogP contribution in [0.3, 0.4) is 0 Å². The van der Waals surface area contributed by atoms with Gasteiger partial charge in [-0.05, 0) is 24.3 Å². The minimum Gasteiger partial charge on any atom is -0.478 e. The molecule has 0 aliphatic carbocycles. The van der Waals surface area contributed by atoms with E-state index in [1.54, 1.807) is 36.7 Å². The third-order valence-corrected chi connectivity index (χ3v) is 1.95. The molecule has 4 nitrogen and oxygen atoms in total. The van der Waals surface area contributed by atoms with Gasteiger partial charge in [-0.3, -0.25) is 9.97 Å². The fourth-order valence-electron chi connectivity index (χ4n) is 1.28. The molecule has 5 heteroatoms. The van der Waals surface area contributed by atoms with Gasteiger partial charge in [0.25, 0.3) is 0 Å². The zero-order chi connectivity index (χ0) is 10.7. The number of pyridine rings is 2. The van der Waals surface area contributed by atoms with Gasteiger partial charge in [0.2, 0.25) is 0 Å². The number of hydrogen-bond donors (Lipinski definition) is 1. The summed E-state index contributed by atoms with van der Waals surface area (Å²) in [6, 6.07) is 8.40. The van der Waals surface area contributed by atoms with E-state index in [1.165, 1.54) is 6.07 Å². The first-order valence-corrected chi connectivity index (χ1v) is 4.39. The largest absolute Gasteiger partial charge is 0.478 e. The van der Waals surface area contributed by atoms with Crippen molar-refractivity contribution in [1.82, 2.24) is 9.97 Å². The van der Waals surface area contributed by atoms with Gasteiger partial charge in [0.05, 0.1) is 11.3 Å². The Bertz CT molecular complexity index is 488. The Balaban J connectivity index is 0.00000128. The second kappa shape index (κ2) is 5.39. The molecule has 85 valence electrons. The summed E-state index contributed by atoms with van der Waals surface area (Å²) in [5, 5.41) is 8.96. The summed E-state index contributed by atoms with van der Waals surface area (Å²) in [4.78, 5) is 19.0. The topological polar surface area (TPSA) is 63.1 Å². The van der Waals surface area contributed by atoms with E-state index in [-0.39, 0.29) is 22.6 Å². The molecule has 0 aromatic carbocycles. The van der Waals surface area contributed by atoms with Gasteiger partial charge in [0, 0.05) is 29.5 Å². The van der Waals surface area contributed by atoms with Crippen molar-refractivity contribution in [2.75, 3.05) is 0 Å². The van der Waals surface area contributed by atoms with Crippen molar-refractivity contribution < 1.29 is 27.0 Å². The fraction of sp³-hybridized carbons (Fsp3) is 0. The van der Waals surface area contributed by atoms with Crippen LogP contribution < -0.4 is 0 Å². The van der Waals surface area contributed by atoms with Gasteiger partial charge in [-0.1, -0.05) is 6.07 Å². The van der Waals surface area contributed by atoms with Crippen molar-refractivity contribution >= 4 is 5.97 Å². The van der Waals surface area contributed by atoms with Crippen LogP contribution in [0, 0.1) is 0 Å². The van der Waals surface area contributed by atoms with E-state index in [9.17, 15) is 4.79 Å². The van der Waals surface area contributed by atoms with E-state index in [1.807, 2.05) is 0 Å². The molecule has 0 fully saturated rings. The quantitative estimate of drug-likeness (QED) is 0.840. The van der Waals surface area contributed by atoms with Gasteiger partial charge < -0.3 is 5.11 Å². The summed E-state index contributed by atoms with van der Waals surface area (Å²) in [7, 11) is 0. The summed E-state index contributed by atoms with van der Waals surface area (Å²) < 4.78 is 0. The fourth-order valence-corrected chi connectivity index (χ4v) is 1.28. The molecule has 0 atom stereocenters. The van der Waals surface area contributed by atoms with E-state index in [0.717, 1.165) is 0 Å². The normalized spacial score (nSPS) is 9.25. The van der Waals surface area contributed by atoms with E-state index in [0.29, 0.717) is 11.4 Å². The van der Waals surface area contributed by atoms with E-state index in [2.05, 4.69) is 9.97 Å². The molecular weight excluding hydrogens is 256 g/mol. The Hall–Kier alpha value is -1.71. The molecule has 2 aromatic rings. The number of aromatic carboxylic acids is 1. The zero-order valence-corrected chi connectivity index (χ0v) is 9.03. The van der Waals surface area contributed by atoms with E-state index >= 15 is 0 Å². The SMILES string of the molecule is O=C(O)c1cccnc1-c1ccccn1.[Cu]. The van der Waals surface area contributed by atoms with Crippen molar-refractivity contribution in [3.8, 4) is 11.4 Å². The van der Waals surface area contributed by atoms with Crippen molar-refractivity contribution in [2.24, 2.45) is 0 Å². The van der Waals surface area contributed by atoms with Crippen molar-refractivity contribution in [3.05, 3.63) is 48.3 Å². The van der Waals surface area contributed by atoms with Crippen LogP contribution in [0.2, 0.25) is 0 Å². The van der Waals surface area contributed by atoms with Crippen molar-refractivity contribution in [2.45, 2.75) is 0 Å². The third kappa shape index (κ3) is 2.45. The summed E-state index contributed by atoms with van der Waals surface area (Å²) in [5.74, 6) is -0.997. The number of carboxylic acids is 1. The number of nitrogens with zero attached hydrogens (tertiary/aromatic N) is 2. The van der Waals surface area contributed by atoms with Crippen molar-refractivity contribution in [3.63, 3.8) is 0 Å². The molecule has 2 heterocycles.